The highest BCUT2D eigenvalue weighted by atomic mass is 35.5. The molecule has 1 fully saturated rings. The Bertz CT molecular complexity index is 1070. The van der Waals surface area contributed by atoms with Gasteiger partial charge in [-0.25, -0.2) is 0 Å². The first-order chi connectivity index (χ1) is 15.0. The number of piperazine rings is 1. The highest BCUT2D eigenvalue weighted by Gasteiger charge is 2.43. The third-order valence-corrected chi connectivity index (χ3v) is 5.33. The molecule has 1 heterocycles. The van der Waals surface area contributed by atoms with Gasteiger partial charge in [0.15, 0.2) is 0 Å². The van der Waals surface area contributed by atoms with Crippen molar-refractivity contribution in [2.75, 3.05) is 36.4 Å². The fourth-order valence-corrected chi connectivity index (χ4v) is 3.62. The van der Waals surface area contributed by atoms with Crippen LogP contribution in [0.25, 0.3) is 0 Å². The van der Waals surface area contributed by atoms with Gasteiger partial charge in [0.1, 0.15) is 0 Å². The summed E-state index contributed by atoms with van der Waals surface area (Å²) in [5.74, 6) is -2.42. The number of carbonyl (C=O) groups excluding carboxylic acids is 2. The van der Waals surface area contributed by atoms with Crippen LogP contribution in [0.3, 0.4) is 0 Å². The molecule has 1 N–H and O–H groups in total. The second kappa shape index (κ2) is 9.03. The lowest BCUT2D eigenvalue weighted by atomic mass is 10.1. The van der Waals surface area contributed by atoms with E-state index in [1.807, 2.05) is 0 Å². The predicted octanol–water partition coefficient (Wildman–Crippen LogP) is 4.02. The first-order valence-electron chi connectivity index (χ1n) is 9.44. The number of nitrogens with zero attached hydrogens (tertiary/aromatic N) is 3. The number of hydrogen-bond acceptors (Lipinski definition) is 5. The maximum Gasteiger partial charge on any atom is 0.471 e. The summed E-state index contributed by atoms with van der Waals surface area (Å²) in [5, 5.41) is 13.9. The third kappa shape index (κ3) is 5.10. The zero-order chi connectivity index (χ0) is 23.6. The normalized spacial score (nSPS) is 14.3. The minimum Gasteiger partial charge on any atom is -0.367 e. The highest BCUT2D eigenvalue weighted by Crippen LogP contribution is 2.31. The van der Waals surface area contributed by atoms with Gasteiger partial charge in [0.05, 0.1) is 15.6 Å². The lowest BCUT2D eigenvalue weighted by molar-refractivity contribution is -0.385. The lowest BCUT2D eigenvalue weighted by Crippen LogP contribution is -2.52. The molecule has 2 aromatic carbocycles. The van der Waals surface area contributed by atoms with Crippen molar-refractivity contribution in [1.82, 2.24) is 4.90 Å². The van der Waals surface area contributed by atoms with Crippen LogP contribution in [0.1, 0.15) is 15.9 Å². The number of alkyl halides is 3. The molecule has 0 unspecified atom stereocenters. The Hall–Kier alpha value is -3.34. The van der Waals surface area contributed by atoms with Crippen LogP contribution in [0, 0.1) is 17.0 Å². The summed E-state index contributed by atoms with van der Waals surface area (Å²) in [6.45, 7) is 1.70. The summed E-state index contributed by atoms with van der Waals surface area (Å²) in [6, 6.07) is 8.78. The number of nitro groups is 1. The van der Waals surface area contributed by atoms with Gasteiger partial charge in [-0.05, 0) is 31.2 Å². The summed E-state index contributed by atoms with van der Waals surface area (Å²) in [5.41, 5.74) is 1.26. The molecule has 0 saturated carbocycles. The Morgan fingerprint density at radius 3 is 2.31 bits per heavy atom. The van der Waals surface area contributed by atoms with Crippen LogP contribution < -0.4 is 10.2 Å². The van der Waals surface area contributed by atoms with Gasteiger partial charge in [-0.1, -0.05) is 17.7 Å². The molecule has 0 atom stereocenters. The summed E-state index contributed by atoms with van der Waals surface area (Å²) < 4.78 is 37.7. The average Bonchev–Trinajstić information content (AvgIpc) is 2.73. The van der Waals surface area contributed by atoms with Crippen molar-refractivity contribution in [3.63, 3.8) is 0 Å². The number of anilines is 2. The molecule has 0 aromatic heterocycles. The molecule has 2 amide bonds. The average molecular weight is 471 g/mol. The van der Waals surface area contributed by atoms with E-state index in [4.69, 9.17) is 11.6 Å². The number of benzene rings is 2. The SMILES string of the molecule is Cc1ccc(C(=O)Nc2ccc(N3CCN(C(=O)C(F)(F)F)CC3)c(Cl)c2)cc1[N+](=O)[O-]. The van der Waals surface area contributed by atoms with Gasteiger partial charge in [-0.15, -0.1) is 0 Å². The molecular formula is C20H18ClF3N4O4. The van der Waals surface area contributed by atoms with E-state index in [2.05, 4.69) is 5.32 Å². The van der Waals surface area contributed by atoms with E-state index in [1.54, 1.807) is 24.0 Å². The van der Waals surface area contributed by atoms with Gasteiger partial charge in [0.25, 0.3) is 11.6 Å². The zero-order valence-corrected chi connectivity index (χ0v) is 17.5. The van der Waals surface area contributed by atoms with Crippen LogP contribution in [0.2, 0.25) is 5.02 Å². The minimum atomic E-state index is -4.91. The molecule has 12 heteroatoms. The summed E-state index contributed by atoms with van der Waals surface area (Å²) in [6.07, 6.45) is -4.91. The highest BCUT2D eigenvalue weighted by molar-refractivity contribution is 6.33. The Kier molecular flexibility index (Phi) is 6.58. The molecule has 1 saturated heterocycles. The van der Waals surface area contributed by atoms with Crippen molar-refractivity contribution in [2.45, 2.75) is 13.1 Å². The topological polar surface area (TPSA) is 95.8 Å². The number of carbonyl (C=O) groups is 2. The van der Waals surface area contributed by atoms with Crippen LogP contribution >= 0.6 is 11.6 Å². The van der Waals surface area contributed by atoms with Crippen LogP contribution in [0.5, 0.6) is 0 Å². The summed E-state index contributed by atoms with van der Waals surface area (Å²) >= 11 is 6.31. The molecule has 1 aliphatic rings. The van der Waals surface area contributed by atoms with E-state index in [9.17, 15) is 32.9 Å². The molecule has 170 valence electrons. The lowest BCUT2D eigenvalue weighted by Gasteiger charge is -2.36. The number of nitrogens with one attached hydrogen (secondary N) is 1. The largest absolute Gasteiger partial charge is 0.471 e. The van der Waals surface area contributed by atoms with Gasteiger partial charge in [-0.2, -0.15) is 13.2 Å². The number of aryl methyl sites for hydroxylation is 1. The molecule has 8 nitrogen and oxygen atoms in total. The molecule has 2 aromatic rings. The van der Waals surface area contributed by atoms with Crippen molar-refractivity contribution in [3.8, 4) is 0 Å². The van der Waals surface area contributed by atoms with Crippen molar-refractivity contribution in [1.29, 1.82) is 0 Å². The Morgan fingerprint density at radius 1 is 1.09 bits per heavy atom. The Balaban J connectivity index is 1.67. The van der Waals surface area contributed by atoms with Crippen molar-refractivity contribution in [3.05, 3.63) is 62.7 Å². The monoisotopic (exact) mass is 470 g/mol. The number of amides is 2. The van der Waals surface area contributed by atoms with Crippen LogP contribution in [0.4, 0.5) is 30.2 Å². The number of rotatable bonds is 4. The van der Waals surface area contributed by atoms with E-state index in [0.717, 1.165) is 4.90 Å². The van der Waals surface area contributed by atoms with E-state index < -0.39 is 22.9 Å². The maximum absolute atomic E-state index is 12.6. The number of hydrogen-bond donors (Lipinski definition) is 1. The standard InChI is InChI=1S/C20H18ClF3N4O4/c1-12-2-3-13(10-17(12)28(31)32)18(29)25-14-4-5-16(15(21)11-14)26-6-8-27(9-7-26)19(30)20(22,23)24/h2-5,10-11H,6-9H2,1H3,(H,25,29). The molecule has 0 radical (unpaired) electrons. The van der Waals surface area contributed by atoms with E-state index in [-0.39, 0.29) is 42.5 Å². The van der Waals surface area contributed by atoms with Gasteiger partial charge < -0.3 is 15.1 Å². The van der Waals surface area contributed by atoms with Gasteiger partial charge in [0, 0.05) is 49.1 Å². The van der Waals surface area contributed by atoms with Crippen LogP contribution in [-0.2, 0) is 4.79 Å². The van der Waals surface area contributed by atoms with Crippen molar-refractivity contribution in [2.24, 2.45) is 0 Å². The fraction of sp³-hybridized carbons (Fsp3) is 0.300. The Labute approximate surface area is 185 Å². The molecule has 0 bridgehead atoms. The predicted molar refractivity (Wildman–Crippen MR) is 112 cm³/mol. The number of nitro benzene ring substituents is 1. The second-order valence-electron chi connectivity index (χ2n) is 7.16. The zero-order valence-electron chi connectivity index (χ0n) is 16.8. The molecule has 0 aliphatic carbocycles. The van der Waals surface area contributed by atoms with Crippen LogP contribution in [-0.4, -0.2) is 54.0 Å². The number of halogens is 4. The second-order valence-corrected chi connectivity index (χ2v) is 7.56. The Morgan fingerprint density at radius 2 is 1.75 bits per heavy atom. The van der Waals surface area contributed by atoms with E-state index >= 15 is 0 Å². The smallest absolute Gasteiger partial charge is 0.367 e. The van der Waals surface area contributed by atoms with Gasteiger partial charge >= 0.3 is 12.1 Å². The molecule has 0 spiro atoms. The molecule has 1 aliphatic heterocycles. The van der Waals surface area contributed by atoms with Gasteiger partial charge in [-0.3, -0.25) is 19.7 Å². The van der Waals surface area contributed by atoms with Crippen molar-refractivity contribution >= 4 is 40.5 Å². The molecule has 3 rings (SSSR count). The maximum atomic E-state index is 12.6. The summed E-state index contributed by atoms with van der Waals surface area (Å²) in [4.78, 5) is 36.8. The van der Waals surface area contributed by atoms with Crippen molar-refractivity contribution < 1.29 is 27.7 Å². The fourth-order valence-electron chi connectivity index (χ4n) is 3.32. The molecular weight excluding hydrogens is 453 g/mol. The molecule has 32 heavy (non-hydrogen) atoms. The van der Waals surface area contributed by atoms with E-state index in [0.29, 0.717) is 16.9 Å². The van der Waals surface area contributed by atoms with Gasteiger partial charge in [0.2, 0.25) is 0 Å². The third-order valence-electron chi connectivity index (χ3n) is 5.02. The van der Waals surface area contributed by atoms with E-state index in [1.165, 1.54) is 24.3 Å². The van der Waals surface area contributed by atoms with Crippen LogP contribution in [0.15, 0.2) is 36.4 Å². The summed E-state index contributed by atoms with van der Waals surface area (Å²) in [7, 11) is 0. The minimum absolute atomic E-state index is 0.0979. The quantitative estimate of drug-likeness (QED) is 0.538. The first-order valence-corrected chi connectivity index (χ1v) is 9.82. The first kappa shape index (κ1) is 23.3.